The van der Waals surface area contributed by atoms with Crippen LogP contribution in [-0.2, 0) is 130 Å². The summed E-state index contributed by atoms with van der Waals surface area (Å²) in [6.07, 6.45) is 0. The average Bonchev–Trinajstić information content (AvgIpc) is 1.00. The summed E-state index contributed by atoms with van der Waals surface area (Å²) < 4.78 is 0. The van der Waals surface area contributed by atoms with Gasteiger partial charge in [0.1, 0.15) is 0 Å². The summed E-state index contributed by atoms with van der Waals surface area (Å²) in [6, 6.07) is 0. The molecule has 0 N–H and O–H groups in total. The summed E-state index contributed by atoms with van der Waals surface area (Å²) in [5, 5.41) is 0. The number of rotatable bonds is 0. The fourth-order valence-electron chi connectivity index (χ4n) is 0. The molecule has 47 valence electrons. The maximum absolute atomic E-state index is 7.25. The van der Waals surface area contributed by atoms with Crippen molar-refractivity contribution < 1.29 is 130 Å². The third-order valence-corrected chi connectivity index (χ3v) is 0. The van der Waals surface area contributed by atoms with Gasteiger partial charge in [0, 0.05) is 130 Å². The van der Waals surface area contributed by atoms with E-state index in [0.717, 1.165) is 0 Å². The second-order valence-electron chi connectivity index (χ2n) is 0. The fraction of sp³-hybridized carbons (Fsp3) is 0. The van der Waals surface area contributed by atoms with Gasteiger partial charge in [0.15, 0.2) is 0 Å². The van der Waals surface area contributed by atoms with Gasteiger partial charge in [-0.15, -0.1) is 0 Å². The summed E-state index contributed by atoms with van der Waals surface area (Å²) in [6.45, 7) is 0. The van der Waals surface area contributed by atoms with Crippen LogP contribution in [0, 0.1) is 4.91 Å². The second-order valence-corrected chi connectivity index (χ2v) is 0. The molecule has 0 spiro atoms. The Kier molecular flexibility index (Phi) is 859. The number of nitrogens with zero attached hydrogens (tertiary/aromatic N) is 1. The van der Waals surface area contributed by atoms with Crippen molar-refractivity contribution in [3.63, 3.8) is 0 Å². The first-order chi connectivity index (χ1) is 1.00. The number of nitroso groups, excluding NO2 is 1. The topological polar surface area (TPSA) is 39.4 Å². The SMILES string of the molecule is [N-]=O.[V].[V].[V].[V].[V].[V].[V]. The molecule has 0 atom stereocenters. The molecular weight excluding hydrogens is 387 g/mol. The smallest absolute Gasteiger partial charge is 0 e. The van der Waals surface area contributed by atoms with Crippen molar-refractivity contribution in [3.05, 3.63) is 10.5 Å². The molecule has 9 heteroatoms. The second kappa shape index (κ2) is 98.1. The Bertz CT molecular complexity index is 8.88. The van der Waals surface area contributed by atoms with E-state index in [9.17, 15) is 0 Å². The molecule has 0 bridgehead atoms. The van der Waals surface area contributed by atoms with Crippen LogP contribution in [0.1, 0.15) is 0 Å². The molecule has 0 aromatic rings. The molecular formula is NOV7-. The Morgan fingerprint density at radius 3 is 0.444 bits per heavy atom. The zero-order chi connectivity index (χ0) is 2.00. The average molecular weight is 387 g/mol. The van der Waals surface area contributed by atoms with Gasteiger partial charge in [0.05, 0.1) is 0 Å². The minimum Gasteiger partial charge on any atom is -0.577 e. The van der Waals surface area contributed by atoms with Crippen molar-refractivity contribution in [1.29, 1.82) is 0 Å². The van der Waals surface area contributed by atoms with Crippen LogP contribution in [0.25, 0.3) is 5.59 Å². The van der Waals surface area contributed by atoms with E-state index in [0.29, 0.717) is 0 Å². The van der Waals surface area contributed by atoms with E-state index < -0.39 is 0 Å². The number of hydrogen-bond acceptors (Lipinski definition) is 1. The maximum Gasteiger partial charge on any atom is 0 e. The molecule has 0 saturated carbocycles. The van der Waals surface area contributed by atoms with Gasteiger partial charge in [-0.3, -0.25) is 0 Å². The molecule has 9 heavy (non-hydrogen) atoms. The predicted molar refractivity (Wildman–Crippen MR) is 6.73 cm³/mol. The van der Waals surface area contributed by atoms with Crippen LogP contribution in [0.4, 0.5) is 0 Å². The largest absolute Gasteiger partial charge is 0.577 e. The molecule has 0 aromatic heterocycles. The van der Waals surface area contributed by atoms with Gasteiger partial charge in [-0.05, 0) is 0 Å². The van der Waals surface area contributed by atoms with E-state index >= 15 is 0 Å². The molecule has 0 rings (SSSR count). The van der Waals surface area contributed by atoms with E-state index in [-0.39, 0.29) is 130 Å². The monoisotopic (exact) mass is 387 g/mol. The Balaban J connectivity index is -0.000000000238. The third-order valence-electron chi connectivity index (χ3n) is 0. The van der Waals surface area contributed by atoms with Crippen molar-refractivity contribution >= 4 is 0 Å². The van der Waals surface area contributed by atoms with Crippen LogP contribution in [0.5, 0.6) is 0 Å². The molecule has 0 fully saturated rings. The van der Waals surface area contributed by atoms with E-state index in [2.05, 4.69) is 0 Å². The van der Waals surface area contributed by atoms with Crippen LogP contribution in [0.15, 0.2) is 0 Å². The molecule has 0 unspecified atom stereocenters. The minimum absolute atomic E-state index is 0. The first-order valence-corrected chi connectivity index (χ1v) is 0.183. The van der Waals surface area contributed by atoms with Crippen LogP contribution < -0.4 is 0 Å². The van der Waals surface area contributed by atoms with E-state index in [1.165, 1.54) is 0 Å². The number of hydrogen-bond donors (Lipinski definition) is 0. The van der Waals surface area contributed by atoms with Gasteiger partial charge >= 0.3 is 0 Å². The summed E-state index contributed by atoms with van der Waals surface area (Å²) in [7, 11) is 0. The Hall–Kier alpha value is 3.69. The molecule has 0 aliphatic rings. The zero-order valence-electron chi connectivity index (χ0n) is 3.99. The molecule has 0 aromatic carbocycles. The zero-order valence-corrected chi connectivity index (χ0v) is 13.8. The van der Waals surface area contributed by atoms with E-state index in [4.69, 9.17) is 10.5 Å². The molecule has 2 nitrogen and oxygen atoms in total. The van der Waals surface area contributed by atoms with Gasteiger partial charge in [0.2, 0.25) is 0 Å². The Morgan fingerprint density at radius 2 is 0.444 bits per heavy atom. The minimum atomic E-state index is 0. The quantitative estimate of drug-likeness (QED) is 0.590. The molecule has 0 amide bonds. The first-order valence-electron chi connectivity index (χ1n) is 0.183. The van der Waals surface area contributed by atoms with E-state index in [1.54, 1.807) is 0 Å². The Labute approximate surface area is 138 Å². The van der Waals surface area contributed by atoms with Crippen LogP contribution in [0.3, 0.4) is 0 Å². The van der Waals surface area contributed by atoms with E-state index in [1.807, 2.05) is 0 Å². The van der Waals surface area contributed by atoms with Gasteiger partial charge in [-0.25, -0.2) is 0 Å². The summed E-state index contributed by atoms with van der Waals surface area (Å²) in [4.78, 5) is 7.25. The predicted octanol–water partition coefficient (Wildman–Crippen LogP) is 0.305. The molecule has 0 saturated heterocycles. The Morgan fingerprint density at radius 1 is 0.444 bits per heavy atom. The van der Waals surface area contributed by atoms with Crippen molar-refractivity contribution in [2.75, 3.05) is 0 Å². The molecule has 7 radical (unpaired) electrons. The van der Waals surface area contributed by atoms with Crippen molar-refractivity contribution in [2.24, 2.45) is 0 Å². The van der Waals surface area contributed by atoms with Crippen LogP contribution in [0.2, 0.25) is 0 Å². The standard InChI is InChI=1S/NO.7V/c1-2;;;;;;;/q-1;;;;;;;. The van der Waals surface area contributed by atoms with Gasteiger partial charge in [-0.1, -0.05) is 0 Å². The first kappa shape index (κ1) is 78.8. The summed E-state index contributed by atoms with van der Waals surface area (Å²) in [5.74, 6) is 0. The fourth-order valence-corrected chi connectivity index (χ4v) is 0. The molecule has 0 aliphatic heterocycles. The maximum atomic E-state index is 7.25. The summed E-state index contributed by atoms with van der Waals surface area (Å²) in [5.41, 5.74) is 5.75. The third kappa shape index (κ3) is 80.6. The van der Waals surface area contributed by atoms with Gasteiger partial charge < -0.3 is 10.5 Å². The van der Waals surface area contributed by atoms with Crippen LogP contribution >= 0.6 is 0 Å². The molecule has 0 aliphatic carbocycles. The summed E-state index contributed by atoms with van der Waals surface area (Å²) >= 11 is 0. The van der Waals surface area contributed by atoms with Gasteiger partial charge in [-0.2, -0.15) is 0 Å². The van der Waals surface area contributed by atoms with Crippen molar-refractivity contribution in [3.8, 4) is 0 Å². The molecule has 0 heterocycles. The van der Waals surface area contributed by atoms with Crippen LogP contribution in [-0.4, -0.2) is 0 Å². The van der Waals surface area contributed by atoms with Gasteiger partial charge in [0.25, 0.3) is 0 Å². The normalized spacial score (nSPS) is 0.444. The van der Waals surface area contributed by atoms with Crippen molar-refractivity contribution in [1.82, 2.24) is 0 Å². The van der Waals surface area contributed by atoms with Crippen molar-refractivity contribution in [2.45, 2.75) is 0 Å².